The molecule has 2 aliphatic rings. The van der Waals surface area contributed by atoms with Gasteiger partial charge in [-0.15, -0.1) is 0 Å². The van der Waals surface area contributed by atoms with Crippen LogP contribution in [-0.2, 0) is 4.79 Å². The third kappa shape index (κ3) is 2.47. The first-order chi connectivity index (χ1) is 7.99. The first-order valence-corrected chi connectivity index (χ1v) is 6.72. The lowest BCUT2D eigenvalue weighted by atomic mass is 9.81. The quantitative estimate of drug-likeness (QED) is 0.749. The lowest BCUT2D eigenvalue weighted by Crippen LogP contribution is -2.53. The predicted molar refractivity (Wildman–Crippen MR) is 66.6 cm³/mol. The smallest absolute Gasteiger partial charge is 0.230 e. The first-order valence-electron chi connectivity index (χ1n) is 6.72. The third-order valence-electron chi connectivity index (χ3n) is 4.34. The zero-order valence-electron chi connectivity index (χ0n) is 11.0. The molecule has 0 aromatic carbocycles. The number of carbonyl (C=O) groups is 1. The van der Waals surface area contributed by atoms with Crippen LogP contribution in [0.4, 0.5) is 0 Å². The maximum atomic E-state index is 12.6. The van der Waals surface area contributed by atoms with Crippen molar-refractivity contribution in [1.29, 1.82) is 0 Å². The summed E-state index contributed by atoms with van der Waals surface area (Å²) >= 11 is 0. The average Bonchev–Trinajstić information content (AvgIpc) is 2.76. The van der Waals surface area contributed by atoms with Gasteiger partial charge in [0.25, 0.3) is 0 Å². The van der Waals surface area contributed by atoms with E-state index in [2.05, 4.69) is 12.2 Å². The zero-order valence-corrected chi connectivity index (χ0v) is 11.0. The number of hydrogen-bond acceptors (Lipinski definition) is 3. The summed E-state index contributed by atoms with van der Waals surface area (Å²) in [6.45, 7) is 6.94. The highest BCUT2D eigenvalue weighted by Gasteiger charge is 2.44. The number of rotatable bonds is 2. The van der Waals surface area contributed by atoms with E-state index in [0.717, 1.165) is 45.3 Å². The molecule has 98 valence electrons. The lowest BCUT2D eigenvalue weighted by Gasteiger charge is -2.41. The van der Waals surface area contributed by atoms with Crippen molar-refractivity contribution in [2.75, 3.05) is 26.2 Å². The summed E-state index contributed by atoms with van der Waals surface area (Å²) in [7, 11) is 0. The highest BCUT2D eigenvalue weighted by molar-refractivity contribution is 5.83. The van der Waals surface area contributed by atoms with Gasteiger partial charge < -0.3 is 15.3 Å². The van der Waals surface area contributed by atoms with Gasteiger partial charge in [-0.05, 0) is 39.2 Å². The Labute approximate surface area is 103 Å². The zero-order chi connectivity index (χ0) is 12.5. The van der Waals surface area contributed by atoms with Gasteiger partial charge in [-0.1, -0.05) is 6.92 Å². The summed E-state index contributed by atoms with van der Waals surface area (Å²) < 4.78 is 0. The second-order valence-corrected chi connectivity index (χ2v) is 5.89. The molecule has 2 heterocycles. The SMILES string of the molecule is CCC1(C(=O)N2CCCC(C)(O)C2)CCNC1. The Hall–Kier alpha value is -0.610. The summed E-state index contributed by atoms with van der Waals surface area (Å²) in [6, 6.07) is 0. The van der Waals surface area contributed by atoms with Crippen LogP contribution in [0.25, 0.3) is 0 Å². The number of amides is 1. The number of likely N-dealkylation sites (tertiary alicyclic amines) is 1. The molecule has 4 heteroatoms. The average molecular weight is 240 g/mol. The van der Waals surface area contributed by atoms with Crippen LogP contribution in [0.1, 0.15) is 39.5 Å². The van der Waals surface area contributed by atoms with Crippen molar-refractivity contribution < 1.29 is 9.90 Å². The molecule has 2 saturated heterocycles. The number of piperidine rings is 1. The molecule has 2 rings (SSSR count). The van der Waals surface area contributed by atoms with E-state index in [9.17, 15) is 9.90 Å². The molecule has 2 atom stereocenters. The largest absolute Gasteiger partial charge is 0.388 e. The maximum absolute atomic E-state index is 12.6. The van der Waals surface area contributed by atoms with Crippen LogP contribution in [0.5, 0.6) is 0 Å². The number of nitrogens with zero attached hydrogens (tertiary/aromatic N) is 1. The lowest BCUT2D eigenvalue weighted by molar-refractivity contribution is -0.147. The fraction of sp³-hybridized carbons (Fsp3) is 0.923. The van der Waals surface area contributed by atoms with Gasteiger partial charge in [-0.25, -0.2) is 0 Å². The minimum absolute atomic E-state index is 0.215. The van der Waals surface area contributed by atoms with Crippen molar-refractivity contribution in [3.8, 4) is 0 Å². The number of aliphatic hydroxyl groups is 1. The van der Waals surface area contributed by atoms with Crippen LogP contribution in [0, 0.1) is 5.41 Å². The van der Waals surface area contributed by atoms with Gasteiger partial charge in [-0.3, -0.25) is 4.79 Å². The van der Waals surface area contributed by atoms with Gasteiger partial charge in [0.2, 0.25) is 5.91 Å². The molecular weight excluding hydrogens is 216 g/mol. The molecule has 2 unspecified atom stereocenters. The van der Waals surface area contributed by atoms with E-state index in [-0.39, 0.29) is 11.3 Å². The van der Waals surface area contributed by atoms with E-state index in [1.807, 2.05) is 11.8 Å². The Balaban J connectivity index is 2.08. The van der Waals surface area contributed by atoms with E-state index < -0.39 is 5.60 Å². The minimum Gasteiger partial charge on any atom is -0.388 e. The van der Waals surface area contributed by atoms with Crippen molar-refractivity contribution in [3.63, 3.8) is 0 Å². The van der Waals surface area contributed by atoms with E-state index >= 15 is 0 Å². The van der Waals surface area contributed by atoms with E-state index in [0.29, 0.717) is 6.54 Å². The van der Waals surface area contributed by atoms with Crippen LogP contribution < -0.4 is 5.32 Å². The van der Waals surface area contributed by atoms with Gasteiger partial charge in [0.15, 0.2) is 0 Å². The maximum Gasteiger partial charge on any atom is 0.230 e. The molecular formula is C13H24N2O2. The molecule has 0 aliphatic carbocycles. The Kier molecular flexibility index (Phi) is 3.46. The number of β-amino-alcohol motifs (C(OH)–C–C–N with tert-alkyl or cyclic N) is 1. The van der Waals surface area contributed by atoms with Gasteiger partial charge in [0, 0.05) is 19.6 Å². The van der Waals surface area contributed by atoms with E-state index in [1.54, 1.807) is 0 Å². The van der Waals surface area contributed by atoms with Gasteiger partial charge in [-0.2, -0.15) is 0 Å². The van der Waals surface area contributed by atoms with Crippen LogP contribution >= 0.6 is 0 Å². The Bertz CT molecular complexity index is 296. The topological polar surface area (TPSA) is 52.6 Å². The van der Waals surface area contributed by atoms with Crippen molar-refractivity contribution in [2.24, 2.45) is 5.41 Å². The summed E-state index contributed by atoms with van der Waals surface area (Å²) in [5, 5.41) is 13.4. The summed E-state index contributed by atoms with van der Waals surface area (Å²) in [5.74, 6) is 0.241. The van der Waals surface area contributed by atoms with Crippen LogP contribution in [0.2, 0.25) is 0 Å². The summed E-state index contributed by atoms with van der Waals surface area (Å²) in [5.41, 5.74) is -0.914. The first kappa shape index (κ1) is 12.8. The molecule has 0 aromatic rings. The van der Waals surface area contributed by atoms with Crippen molar-refractivity contribution >= 4 is 5.91 Å². The number of carbonyl (C=O) groups excluding carboxylic acids is 1. The van der Waals surface area contributed by atoms with Crippen LogP contribution in [-0.4, -0.2) is 47.7 Å². The van der Waals surface area contributed by atoms with Gasteiger partial charge in [0.05, 0.1) is 11.0 Å². The molecule has 2 aliphatic heterocycles. The number of hydrogen-bond donors (Lipinski definition) is 2. The molecule has 2 N–H and O–H groups in total. The molecule has 17 heavy (non-hydrogen) atoms. The van der Waals surface area contributed by atoms with E-state index in [4.69, 9.17) is 0 Å². The summed E-state index contributed by atoms with van der Waals surface area (Å²) in [4.78, 5) is 14.5. The summed E-state index contributed by atoms with van der Waals surface area (Å²) in [6.07, 6.45) is 3.53. The Morgan fingerprint density at radius 2 is 2.24 bits per heavy atom. The fourth-order valence-corrected chi connectivity index (χ4v) is 3.11. The molecule has 2 fully saturated rings. The van der Waals surface area contributed by atoms with Gasteiger partial charge >= 0.3 is 0 Å². The molecule has 0 saturated carbocycles. The standard InChI is InChI=1S/C13H24N2O2/c1-3-13(6-7-14-9-13)11(16)15-8-4-5-12(2,17)10-15/h14,17H,3-10H2,1-2H3. The van der Waals surface area contributed by atoms with Crippen LogP contribution in [0.3, 0.4) is 0 Å². The molecule has 0 bridgehead atoms. The molecule has 0 radical (unpaired) electrons. The van der Waals surface area contributed by atoms with Crippen molar-refractivity contribution in [2.45, 2.75) is 45.1 Å². The molecule has 0 aromatic heterocycles. The van der Waals surface area contributed by atoms with Crippen molar-refractivity contribution in [1.82, 2.24) is 10.2 Å². The van der Waals surface area contributed by atoms with E-state index in [1.165, 1.54) is 0 Å². The predicted octanol–water partition coefficient (Wildman–Crippen LogP) is 0.749. The highest BCUT2D eigenvalue weighted by Crippen LogP contribution is 2.33. The second kappa shape index (κ2) is 4.58. The normalized spacial score (nSPS) is 38.4. The third-order valence-corrected chi connectivity index (χ3v) is 4.34. The molecule has 0 spiro atoms. The van der Waals surface area contributed by atoms with Gasteiger partial charge in [0.1, 0.15) is 0 Å². The monoisotopic (exact) mass is 240 g/mol. The fourth-order valence-electron chi connectivity index (χ4n) is 3.11. The highest BCUT2D eigenvalue weighted by atomic mass is 16.3. The Morgan fingerprint density at radius 3 is 2.76 bits per heavy atom. The van der Waals surface area contributed by atoms with Crippen LogP contribution in [0.15, 0.2) is 0 Å². The minimum atomic E-state index is -0.700. The van der Waals surface area contributed by atoms with Crippen molar-refractivity contribution in [3.05, 3.63) is 0 Å². The molecule has 4 nitrogen and oxygen atoms in total. The Morgan fingerprint density at radius 1 is 1.47 bits per heavy atom. The number of nitrogens with one attached hydrogen (secondary N) is 1. The molecule has 1 amide bonds. The second-order valence-electron chi connectivity index (χ2n) is 5.89.